The van der Waals surface area contributed by atoms with Gasteiger partial charge in [-0.15, -0.1) is 0 Å². The lowest BCUT2D eigenvalue weighted by atomic mass is 10.2. The van der Waals surface area contributed by atoms with Gasteiger partial charge in [0.15, 0.2) is 0 Å². The molecule has 1 aliphatic rings. The number of methoxy groups -OCH3 is 1. The molecule has 1 saturated carbocycles. The molecule has 0 amide bonds. The highest BCUT2D eigenvalue weighted by atomic mass is 16.5. The van der Waals surface area contributed by atoms with Crippen LogP contribution in [-0.2, 0) is 11.3 Å². The summed E-state index contributed by atoms with van der Waals surface area (Å²) in [7, 11) is 1.36. The third kappa shape index (κ3) is 2.44. The Kier molecular flexibility index (Phi) is 3.29. The Labute approximate surface area is 95.0 Å². The van der Waals surface area contributed by atoms with Gasteiger partial charge in [0, 0.05) is 18.2 Å². The van der Waals surface area contributed by atoms with Gasteiger partial charge in [0.25, 0.3) is 0 Å². The van der Waals surface area contributed by atoms with E-state index in [0.29, 0.717) is 18.3 Å². The molecule has 1 unspecified atom stereocenters. The molecule has 1 aliphatic carbocycles. The van der Waals surface area contributed by atoms with Crippen molar-refractivity contribution in [1.82, 2.24) is 5.32 Å². The molecule has 0 radical (unpaired) electrons. The summed E-state index contributed by atoms with van der Waals surface area (Å²) in [6.45, 7) is 2.83. The third-order valence-electron chi connectivity index (χ3n) is 3.06. The summed E-state index contributed by atoms with van der Waals surface area (Å²) >= 11 is 0. The van der Waals surface area contributed by atoms with Crippen molar-refractivity contribution in [3.05, 3.63) is 23.7 Å². The Bertz CT molecular complexity index is 368. The first kappa shape index (κ1) is 11.2. The predicted molar refractivity (Wildman–Crippen MR) is 59.1 cm³/mol. The van der Waals surface area contributed by atoms with E-state index in [-0.39, 0.29) is 0 Å². The fourth-order valence-corrected chi connectivity index (χ4v) is 1.78. The van der Waals surface area contributed by atoms with E-state index in [1.165, 1.54) is 26.2 Å². The summed E-state index contributed by atoms with van der Waals surface area (Å²) in [5, 5.41) is 3.40. The van der Waals surface area contributed by atoms with Crippen LogP contribution in [0.25, 0.3) is 0 Å². The van der Waals surface area contributed by atoms with Gasteiger partial charge in [-0.3, -0.25) is 0 Å². The average Bonchev–Trinajstić information content (AvgIpc) is 3.04. The van der Waals surface area contributed by atoms with E-state index < -0.39 is 5.97 Å². The van der Waals surface area contributed by atoms with Crippen LogP contribution < -0.4 is 5.32 Å². The monoisotopic (exact) mass is 223 g/mol. The predicted octanol–water partition coefficient (Wildman–Crippen LogP) is 1.95. The van der Waals surface area contributed by atoms with E-state index >= 15 is 0 Å². The van der Waals surface area contributed by atoms with Crippen molar-refractivity contribution in [1.29, 1.82) is 0 Å². The van der Waals surface area contributed by atoms with Crippen molar-refractivity contribution in [2.45, 2.75) is 32.4 Å². The first-order valence-electron chi connectivity index (χ1n) is 5.60. The highest BCUT2D eigenvalue weighted by Crippen LogP contribution is 2.32. The number of hydrogen-bond acceptors (Lipinski definition) is 4. The van der Waals surface area contributed by atoms with Gasteiger partial charge in [0.2, 0.25) is 5.76 Å². The molecule has 0 spiro atoms. The lowest BCUT2D eigenvalue weighted by Gasteiger charge is -2.11. The van der Waals surface area contributed by atoms with Crippen molar-refractivity contribution >= 4 is 5.97 Å². The lowest BCUT2D eigenvalue weighted by molar-refractivity contribution is 0.0563. The molecule has 1 atom stereocenters. The zero-order chi connectivity index (χ0) is 11.5. The SMILES string of the molecule is COC(=O)c1occc1CNC(C)C1CC1. The molecule has 1 heterocycles. The Hall–Kier alpha value is -1.29. The quantitative estimate of drug-likeness (QED) is 0.775. The van der Waals surface area contributed by atoms with Crippen molar-refractivity contribution < 1.29 is 13.9 Å². The molecule has 16 heavy (non-hydrogen) atoms. The van der Waals surface area contributed by atoms with Crippen molar-refractivity contribution in [2.24, 2.45) is 5.92 Å². The minimum atomic E-state index is -0.416. The van der Waals surface area contributed by atoms with Gasteiger partial charge >= 0.3 is 5.97 Å². The first-order chi connectivity index (χ1) is 7.72. The van der Waals surface area contributed by atoms with Gasteiger partial charge in [0.1, 0.15) is 0 Å². The van der Waals surface area contributed by atoms with Crippen LogP contribution in [0.3, 0.4) is 0 Å². The van der Waals surface area contributed by atoms with Gasteiger partial charge in [-0.25, -0.2) is 4.79 Å². The molecule has 4 heteroatoms. The van der Waals surface area contributed by atoms with E-state index in [4.69, 9.17) is 4.42 Å². The molecule has 0 aromatic carbocycles. The molecule has 2 rings (SSSR count). The second kappa shape index (κ2) is 4.70. The topological polar surface area (TPSA) is 51.5 Å². The molecular formula is C12H17NO3. The minimum absolute atomic E-state index is 0.304. The van der Waals surface area contributed by atoms with Crippen molar-refractivity contribution in [2.75, 3.05) is 7.11 Å². The molecule has 1 fully saturated rings. The van der Waals surface area contributed by atoms with Crippen molar-refractivity contribution in [3.8, 4) is 0 Å². The molecule has 0 saturated heterocycles. The van der Waals surface area contributed by atoms with Crippen LogP contribution in [0.5, 0.6) is 0 Å². The third-order valence-corrected chi connectivity index (χ3v) is 3.06. The van der Waals surface area contributed by atoms with Crippen LogP contribution in [0, 0.1) is 5.92 Å². The number of carbonyl (C=O) groups excluding carboxylic acids is 1. The lowest BCUT2D eigenvalue weighted by Crippen LogP contribution is -2.27. The maximum absolute atomic E-state index is 11.3. The normalized spacial score (nSPS) is 17.1. The molecule has 1 aromatic heterocycles. The summed E-state index contributed by atoms with van der Waals surface area (Å²) in [6, 6.07) is 2.30. The second-order valence-corrected chi connectivity index (χ2v) is 4.27. The number of rotatable bonds is 5. The number of ether oxygens (including phenoxy) is 1. The highest BCUT2D eigenvalue weighted by molar-refractivity contribution is 5.87. The van der Waals surface area contributed by atoms with Gasteiger partial charge < -0.3 is 14.5 Å². The van der Waals surface area contributed by atoms with Crippen LogP contribution in [0.2, 0.25) is 0 Å². The maximum Gasteiger partial charge on any atom is 0.374 e. The summed E-state index contributed by atoms with van der Waals surface area (Å²) in [4.78, 5) is 11.3. The number of esters is 1. The van der Waals surface area contributed by atoms with Crippen LogP contribution in [-0.4, -0.2) is 19.1 Å². The highest BCUT2D eigenvalue weighted by Gasteiger charge is 2.27. The Morgan fingerprint density at radius 2 is 2.44 bits per heavy atom. The molecule has 0 bridgehead atoms. The Morgan fingerprint density at radius 3 is 3.06 bits per heavy atom. The van der Waals surface area contributed by atoms with E-state index in [1.54, 1.807) is 6.07 Å². The summed E-state index contributed by atoms with van der Waals surface area (Å²) in [5.41, 5.74) is 0.861. The minimum Gasteiger partial charge on any atom is -0.463 e. The van der Waals surface area contributed by atoms with E-state index in [2.05, 4.69) is 17.0 Å². The molecular weight excluding hydrogens is 206 g/mol. The van der Waals surface area contributed by atoms with Gasteiger partial charge in [0.05, 0.1) is 13.4 Å². The van der Waals surface area contributed by atoms with Gasteiger partial charge in [-0.05, 0) is 31.7 Å². The summed E-state index contributed by atoms with van der Waals surface area (Å²) in [5.74, 6) is 0.687. The zero-order valence-electron chi connectivity index (χ0n) is 9.66. The number of hydrogen-bond donors (Lipinski definition) is 1. The maximum atomic E-state index is 11.3. The van der Waals surface area contributed by atoms with Gasteiger partial charge in [-0.1, -0.05) is 0 Å². The van der Waals surface area contributed by atoms with E-state index in [9.17, 15) is 4.79 Å². The van der Waals surface area contributed by atoms with Crippen LogP contribution in [0.4, 0.5) is 0 Å². The number of nitrogens with one attached hydrogen (secondary N) is 1. The fourth-order valence-electron chi connectivity index (χ4n) is 1.78. The van der Waals surface area contributed by atoms with Gasteiger partial charge in [-0.2, -0.15) is 0 Å². The zero-order valence-corrected chi connectivity index (χ0v) is 9.66. The van der Waals surface area contributed by atoms with Crippen LogP contribution in [0.1, 0.15) is 35.9 Å². The van der Waals surface area contributed by atoms with Crippen LogP contribution in [0.15, 0.2) is 16.7 Å². The largest absolute Gasteiger partial charge is 0.463 e. The Balaban J connectivity index is 1.92. The standard InChI is InChI=1S/C12H17NO3/c1-8(9-3-4-9)13-7-10-5-6-16-11(10)12(14)15-2/h5-6,8-9,13H,3-4,7H2,1-2H3. The average molecular weight is 223 g/mol. The molecule has 0 aliphatic heterocycles. The van der Waals surface area contributed by atoms with E-state index in [0.717, 1.165) is 11.5 Å². The number of furan rings is 1. The van der Waals surface area contributed by atoms with Crippen molar-refractivity contribution in [3.63, 3.8) is 0 Å². The molecule has 88 valence electrons. The summed E-state index contributed by atoms with van der Waals surface area (Å²) in [6.07, 6.45) is 4.14. The second-order valence-electron chi connectivity index (χ2n) is 4.27. The first-order valence-corrected chi connectivity index (χ1v) is 5.60. The Morgan fingerprint density at radius 1 is 1.69 bits per heavy atom. The molecule has 4 nitrogen and oxygen atoms in total. The number of carbonyl (C=O) groups is 1. The molecule has 1 aromatic rings. The van der Waals surface area contributed by atoms with Crippen LogP contribution >= 0.6 is 0 Å². The fraction of sp³-hybridized carbons (Fsp3) is 0.583. The molecule has 1 N–H and O–H groups in total. The smallest absolute Gasteiger partial charge is 0.374 e. The van der Waals surface area contributed by atoms with E-state index in [1.807, 2.05) is 0 Å². The summed E-state index contributed by atoms with van der Waals surface area (Å²) < 4.78 is 9.75.